The van der Waals surface area contributed by atoms with Gasteiger partial charge in [-0.1, -0.05) is 30.3 Å². The molecule has 138 valence electrons. The van der Waals surface area contributed by atoms with Crippen molar-refractivity contribution in [2.24, 2.45) is 5.92 Å². The first-order chi connectivity index (χ1) is 12.7. The van der Waals surface area contributed by atoms with Gasteiger partial charge in [0.05, 0.1) is 19.9 Å². The van der Waals surface area contributed by atoms with E-state index in [1.54, 1.807) is 26.4 Å². The number of methoxy groups -OCH3 is 2. The standard InChI is InChI=1S/C21H26N2O3/c1-25-18-8-9-20(26-2)19(14-18)22-21(24)17-10-12-23(13-11-17)15-16-6-4-3-5-7-16/h3-9,14,17H,10-13,15H2,1-2H3,(H,22,24). The van der Waals surface area contributed by atoms with E-state index < -0.39 is 0 Å². The predicted octanol–water partition coefficient (Wildman–Crippen LogP) is 3.55. The number of carbonyl (C=O) groups excluding carboxylic acids is 1. The third kappa shape index (κ3) is 4.55. The zero-order valence-corrected chi connectivity index (χ0v) is 15.4. The molecule has 1 fully saturated rings. The Balaban J connectivity index is 1.55. The Hall–Kier alpha value is -2.53. The molecule has 1 heterocycles. The summed E-state index contributed by atoms with van der Waals surface area (Å²) in [6.07, 6.45) is 1.73. The summed E-state index contributed by atoms with van der Waals surface area (Å²) in [6.45, 7) is 2.81. The topological polar surface area (TPSA) is 50.8 Å². The summed E-state index contributed by atoms with van der Waals surface area (Å²) in [4.78, 5) is 15.1. The van der Waals surface area contributed by atoms with Gasteiger partial charge in [-0.2, -0.15) is 0 Å². The van der Waals surface area contributed by atoms with Crippen LogP contribution in [0.3, 0.4) is 0 Å². The number of likely N-dealkylation sites (tertiary alicyclic amines) is 1. The zero-order chi connectivity index (χ0) is 18.4. The minimum absolute atomic E-state index is 0.0259. The molecular formula is C21H26N2O3. The maximum atomic E-state index is 12.7. The lowest BCUT2D eigenvalue weighted by molar-refractivity contribution is -0.121. The third-order valence-electron chi connectivity index (χ3n) is 4.87. The molecule has 1 aliphatic rings. The molecule has 0 aromatic heterocycles. The number of benzene rings is 2. The van der Waals surface area contributed by atoms with Crippen molar-refractivity contribution in [1.82, 2.24) is 4.90 Å². The van der Waals surface area contributed by atoms with Gasteiger partial charge in [0.25, 0.3) is 0 Å². The van der Waals surface area contributed by atoms with Gasteiger partial charge in [-0.05, 0) is 43.6 Å². The van der Waals surface area contributed by atoms with Gasteiger partial charge in [-0.15, -0.1) is 0 Å². The molecular weight excluding hydrogens is 328 g/mol. The highest BCUT2D eigenvalue weighted by molar-refractivity contribution is 5.94. The van der Waals surface area contributed by atoms with Crippen LogP contribution in [0.4, 0.5) is 5.69 Å². The van der Waals surface area contributed by atoms with Crippen LogP contribution in [0.25, 0.3) is 0 Å². The number of rotatable bonds is 6. The molecule has 1 aliphatic heterocycles. The largest absolute Gasteiger partial charge is 0.497 e. The summed E-state index contributed by atoms with van der Waals surface area (Å²) in [6, 6.07) is 15.9. The molecule has 0 saturated carbocycles. The molecule has 1 saturated heterocycles. The van der Waals surface area contributed by atoms with Gasteiger partial charge < -0.3 is 14.8 Å². The number of nitrogens with one attached hydrogen (secondary N) is 1. The number of anilines is 1. The molecule has 0 radical (unpaired) electrons. The van der Waals surface area contributed by atoms with Crippen LogP contribution in [0.1, 0.15) is 18.4 Å². The fourth-order valence-electron chi connectivity index (χ4n) is 3.34. The Kier molecular flexibility index (Phi) is 6.12. The highest BCUT2D eigenvalue weighted by atomic mass is 16.5. The minimum atomic E-state index is 0.0259. The van der Waals surface area contributed by atoms with Crippen molar-refractivity contribution < 1.29 is 14.3 Å². The number of nitrogens with zero attached hydrogens (tertiary/aromatic N) is 1. The van der Waals surface area contributed by atoms with Crippen molar-refractivity contribution in [2.75, 3.05) is 32.6 Å². The second-order valence-electron chi connectivity index (χ2n) is 6.59. The highest BCUT2D eigenvalue weighted by Crippen LogP contribution is 2.30. The Morgan fingerprint density at radius 1 is 1.08 bits per heavy atom. The summed E-state index contributed by atoms with van der Waals surface area (Å²) >= 11 is 0. The lowest BCUT2D eigenvalue weighted by atomic mass is 9.95. The van der Waals surface area contributed by atoms with Crippen LogP contribution in [-0.2, 0) is 11.3 Å². The van der Waals surface area contributed by atoms with E-state index in [0.717, 1.165) is 32.5 Å². The average Bonchev–Trinajstić information content (AvgIpc) is 2.69. The van der Waals surface area contributed by atoms with Crippen LogP contribution in [0.15, 0.2) is 48.5 Å². The molecule has 1 amide bonds. The molecule has 1 N–H and O–H groups in total. The van der Waals surface area contributed by atoms with Gasteiger partial charge in [0.2, 0.25) is 5.91 Å². The molecule has 0 unspecified atom stereocenters. The molecule has 0 spiro atoms. The number of hydrogen-bond donors (Lipinski definition) is 1. The van der Waals surface area contributed by atoms with E-state index in [1.807, 2.05) is 12.1 Å². The van der Waals surface area contributed by atoms with E-state index in [0.29, 0.717) is 17.2 Å². The van der Waals surface area contributed by atoms with Crippen molar-refractivity contribution in [2.45, 2.75) is 19.4 Å². The third-order valence-corrected chi connectivity index (χ3v) is 4.87. The van der Waals surface area contributed by atoms with Crippen LogP contribution >= 0.6 is 0 Å². The predicted molar refractivity (Wildman–Crippen MR) is 103 cm³/mol. The summed E-state index contributed by atoms with van der Waals surface area (Å²) < 4.78 is 10.6. The van der Waals surface area contributed by atoms with Gasteiger partial charge in [0.1, 0.15) is 11.5 Å². The van der Waals surface area contributed by atoms with E-state index in [2.05, 4.69) is 34.5 Å². The molecule has 2 aromatic rings. The molecule has 5 heteroatoms. The second kappa shape index (κ2) is 8.72. The first-order valence-electron chi connectivity index (χ1n) is 8.98. The summed E-state index contributed by atoms with van der Waals surface area (Å²) in [5.41, 5.74) is 1.97. The van der Waals surface area contributed by atoms with Crippen molar-refractivity contribution in [3.63, 3.8) is 0 Å². The van der Waals surface area contributed by atoms with Crippen LogP contribution in [-0.4, -0.2) is 38.1 Å². The number of amides is 1. The summed E-state index contributed by atoms with van der Waals surface area (Å²) in [5.74, 6) is 1.41. The molecule has 0 bridgehead atoms. The van der Waals surface area contributed by atoms with Crippen LogP contribution in [0, 0.1) is 5.92 Å². The van der Waals surface area contributed by atoms with E-state index in [9.17, 15) is 4.79 Å². The van der Waals surface area contributed by atoms with E-state index >= 15 is 0 Å². The maximum Gasteiger partial charge on any atom is 0.227 e. The number of carbonyl (C=O) groups is 1. The number of hydrogen-bond acceptors (Lipinski definition) is 4. The van der Waals surface area contributed by atoms with Gasteiger partial charge in [0.15, 0.2) is 0 Å². The Bertz CT molecular complexity index is 725. The van der Waals surface area contributed by atoms with Crippen LogP contribution in [0.2, 0.25) is 0 Å². The zero-order valence-electron chi connectivity index (χ0n) is 15.4. The molecule has 5 nitrogen and oxygen atoms in total. The van der Waals surface area contributed by atoms with Crippen LogP contribution in [0.5, 0.6) is 11.5 Å². The first-order valence-corrected chi connectivity index (χ1v) is 8.98. The molecule has 0 atom stereocenters. The average molecular weight is 354 g/mol. The maximum absolute atomic E-state index is 12.7. The quantitative estimate of drug-likeness (QED) is 0.862. The van der Waals surface area contributed by atoms with E-state index in [4.69, 9.17) is 9.47 Å². The van der Waals surface area contributed by atoms with E-state index in [-0.39, 0.29) is 11.8 Å². The molecule has 0 aliphatic carbocycles. The summed E-state index contributed by atoms with van der Waals surface area (Å²) in [5, 5.41) is 3.01. The van der Waals surface area contributed by atoms with Crippen LogP contribution < -0.4 is 14.8 Å². The normalized spacial score (nSPS) is 15.5. The Morgan fingerprint density at radius 2 is 1.81 bits per heavy atom. The fourth-order valence-corrected chi connectivity index (χ4v) is 3.34. The lowest BCUT2D eigenvalue weighted by Gasteiger charge is -2.31. The van der Waals surface area contributed by atoms with Crippen molar-refractivity contribution in [3.8, 4) is 11.5 Å². The van der Waals surface area contributed by atoms with Crippen molar-refractivity contribution in [3.05, 3.63) is 54.1 Å². The van der Waals surface area contributed by atoms with Gasteiger partial charge in [-0.25, -0.2) is 0 Å². The molecule has 3 rings (SSSR count). The fraction of sp³-hybridized carbons (Fsp3) is 0.381. The monoisotopic (exact) mass is 354 g/mol. The Labute approximate surface area is 154 Å². The second-order valence-corrected chi connectivity index (χ2v) is 6.59. The Morgan fingerprint density at radius 3 is 2.46 bits per heavy atom. The van der Waals surface area contributed by atoms with Crippen molar-refractivity contribution >= 4 is 11.6 Å². The minimum Gasteiger partial charge on any atom is -0.497 e. The number of piperidine rings is 1. The first kappa shape index (κ1) is 18.3. The summed E-state index contributed by atoms with van der Waals surface area (Å²) in [7, 11) is 3.20. The van der Waals surface area contributed by atoms with Gasteiger partial charge >= 0.3 is 0 Å². The molecule has 2 aromatic carbocycles. The van der Waals surface area contributed by atoms with Crippen molar-refractivity contribution in [1.29, 1.82) is 0 Å². The lowest BCUT2D eigenvalue weighted by Crippen LogP contribution is -2.37. The smallest absolute Gasteiger partial charge is 0.227 e. The highest BCUT2D eigenvalue weighted by Gasteiger charge is 2.25. The van der Waals surface area contributed by atoms with Gasteiger partial charge in [0, 0.05) is 18.5 Å². The SMILES string of the molecule is COc1ccc(OC)c(NC(=O)C2CCN(Cc3ccccc3)CC2)c1. The van der Waals surface area contributed by atoms with Gasteiger partial charge in [-0.3, -0.25) is 9.69 Å². The van der Waals surface area contributed by atoms with E-state index in [1.165, 1.54) is 5.56 Å². The number of ether oxygens (including phenoxy) is 2. The molecule has 26 heavy (non-hydrogen) atoms.